The Balaban J connectivity index is 1.80. The molecule has 0 aliphatic heterocycles. The third-order valence-corrected chi connectivity index (χ3v) is 4.62. The van der Waals surface area contributed by atoms with Gasteiger partial charge in [-0.25, -0.2) is 9.97 Å². The van der Waals surface area contributed by atoms with Crippen molar-refractivity contribution in [2.24, 2.45) is 0 Å². The highest BCUT2D eigenvalue weighted by atomic mass is 79.9. The Morgan fingerprint density at radius 2 is 2.00 bits per heavy atom. The largest absolute Gasteiger partial charge is 0.299 e. The van der Waals surface area contributed by atoms with Crippen LogP contribution in [0, 0.1) is 11.4 Å². The summed E-state index contributed by atoms with van der Waals surface area (Å²) in [5.41, 5.74) is 5.76. The maximum Gasteiger partial charge on any atom is 0.220 e. The first-order valence-corrected chi connectivity index (χ1v) is 8.74. The minimum atomic E-state index is -0.537. The van der Waals surface area contributed by atoms with E-state index in [1.807, 2.05) is 40.4 Å². The normalized spacial score (nSPS) is 10.9. The van der Waals surface area contributed by atoms with Crippen LogP contribution in [0.1, 0.15) is 5.56 Å². The second kappa shape index (κ2) is 6.90. The van der Waals surface area contributed by atoms with Crippen LogP contribution in [0.4, 0.5) is 4.39 Å². The van der Waals surface area contributed by atoms with Crippen LogP contribution in [0.25, 0.3) is 27.8 Å². The van der Waals surface area contributed by atoms with Gasteiger partial charge in [0.1, 0.15) is 12.2 Å². The summed E-state index contributed by atoms with van der Waals surface area (Å²) in [6.45, 7) is 0. The minimum absolute atomic E-state index is 0.105. The summed E-state index contributed by atoms with van der Waals surface area (Å²) < 4.78 is 16.7. The quantitative estimate of drug-likeness (QED) is 0.197. The number of pyridine rings is 1. The van der Waals surface area contributed by atoms with Crippen molar-refractivity contribution in [3.05, 3.63) is 77.0 Å². The van der Waals surface area contributed by atoms with Crippen LogP contribution >= 0.6 is 15.9 Å². The van der Waals surface area contributed by atoms with Gasteiger partial charge in [-0.2, -0.15) is 4.39 Å². The van der Waals surface area contributed by atoms with Gasteiger partial charge in [0.15, 0.2) is 0 Å². The molecule has 2 aromatic heterocycles. The molecule has 0 aliphatic carbocycles. The summed E-state index contributed by atoms with van der Waals surface area (Å²) in [7, 11) is 0. The van der Waals surface area contributed by atoms with Crippen molar-refractivity contribution in [3.8, 4) is 16.8 Å². The number of hydrogen-bond donors (Lipinski definition) is 3. The van der Waals surface area contributed by atoms with E-state index in [1.165, 1.54) is 6.20 Å². The van der Waals surface area contributed by atoms with Gasteiger partial charge in [-0.3, -0.25) is 20.7 Å². The second-order valence-electron chi connectivity index (χ2n) is 5.85. The number of hydroxylamine groups is 1. The SMILES string of the molecule is N=C(NO)c1ccc2c(c1)ncn2-c1cccc(-c2cc(Br)cnc2F)c1. The van der Waals surface area contributed by atoms with E-state index in [0.717, 1.165) is 11.2 Å². The maximum atomic E-state index is 14.1. The smallest absolute Gasteiger partial charge is 0.220 e. The highest BCUT2D eigenvalue weighted by molar-refractivity contribution is 9.10. The Bertz CT molecular complexity index is 1170. The second-order valence-corrected chi connectivity index (χ2v) is 6.76. The van der Waals surface area contributed by atoms with Crippen molar-refractivity contribution in [2.75, 3.05) is 0 Å². The molecule has 0 atom stereocenters. The Labute approximate surface area is 161 Å². The Hall–Kier alpha value is -3.10. The molecular formula is C19H13BrFN5O. The number of hydrogen-bond acceptors (Lipinski definition) is 4. The highest BCUT2D eigenvalue weighted by Gasteiger charge is 2.11. The third kappa shape index (κ3) is 3.20. The molecule has 0 fully saturated rings. The molecule has 0 radical (unpaired) electrons. The molecule has 134 valence electrons. The Morgan fingerprint density at radius 3 is 2.81 bits per heavy atom. The molecule has 0 saturated carbocycles. The van der Waals surface area contributed by atoms with Gasteiger partial charge in [0.2, 0.25) is 5.95 Å². The van der Waals surface area contributed by atoms with Crippen molar-refractivity contribution < 1.29 is 9.60 Å². The van der Waals surface area contributed by atoms with Gasteiger partial charge in [-0.1, -0.05) is 12.1 Å². The molecule has 0 unspecified atom stereocenters. The van der Waals surface area contributed by atoms with Crippen LogP contribution in [-0.2, 0) is 0 Å². The van der Waals surface area contributed by atoms with Crippen molar-refractivity contribution in [2.45, 2.75) is 0 Å². The van der Waals surface area contributed by atoms with E-state index >= 15 is 0 Å². The van der Waals surface area contributed by atoms with Gasteiger partial charge < -0.3 is 0 Å². The fourth-order valence-electron chi connectivity index (χ4n) is 2.89. The van der Waals surface area contributed by atoms with Crippen LogP contribution in [0.15, 0.2) is 65.5 Å². The maximum absolute atomic E-state index is 14.1. The van der Waals surface area contributed by atoms with Gasteiger partial charge in [-0.05, 0) is 57.9 Å². The minimum Gasteiger partial charge on any atom is -0.299 e. The lowest BCUT2D eigenvalue weighted by molar-refractivity contribution is 0.234. The predicted molar refractivity (Wildman–Crippen MR) is 104 cm³/mol. The van der Waals surface area contributed by atoms with Crippen LogP contribution in [-0.4, -0.2) is 25.6 Å². The summed E-state index contributed by atoms with van der Waals surface area (Å²) >= 11 is 3.32. The first-order chi connectivity index (χ1) is 13.1. The lowest BCUT2D eigenvalue weighted by atomic mass is 10.1. The molecule has 27 heavy (non-hydrogen) atoms. The first-order valence-electron chi connectivity index (χ1n) is 7.95. The van der Waals surface area contributed by atoms with E-state index in [4.69, 9.17) is 10.6 Å². The van der Waals surface area contributed by atoms with Gasteiger partial charge in [0, 0.05) is 27.5 Å². The zero-order valence-corrected chi connectivity index (χ0v) is 15.4. The van der Waals surface area contributed by atoms with Crippen molar-refractivity contribution in [3.63, 3.8) is 0 Å². The molecule has 2 aromatic carbocycles. The molecule has 2 heterocycles. The molecular weight excluding hydrogens is 413 g/mol. The molecule has 8 heteroatoms. The zero-order chi connectivity index (χ0) is 19.0. The fraction of sp³-hybridized carbons (Fsp3) is 0. The highest BCUT2D eigenvalue weighted by Crippen LogP contribution is 2.28. The number of nitrogens with one attached hydrogen (secondary N) is 2. The molecule has 0 bridgehead atoms. The molecule has 4 aromatic rings. The first kappa shape index (κ1) is 17.3. The van der Waals surface area contributed by atoms with Gasteiger partial charge in [0.25, 0.3) is 0 Å². The molecule has 4 rings (SSSR count). The molecule has 0 saturated heterocycles. The average molecular weight is 426 g/mol. The monoisotopic (exact) mass is 425 g/mol. The van der Waals surface area contributed by atoms with E-state index in [1.54, 1.807) is 24.5 Å². The Morgan fingerprint density at radius 1 is 1.15 bits per heavy atom. The summed E-state index contributed by atoms with van der Waals surface area (Å²) in [6.07, 6.45) is 3.08. The van der Waals surface area contributed by atoms with E-state index in [-0.39, 0.29) is 5.84 Å². The lowest BCUT2D eigenvalue weighted by Crippen LogP contribution is -2.18. The summed E-state index contributed by atoms with van der Waals surface area (Å²) in [5, 5.41) is 16.5. The van der Waals surface area contributed by atoms with Crippen LogP contribution in [0.3, 0.4) is 0 Å². The topological polar surface area (TPSA) is 86.8 Å². The van der Waals surface area contributed by atoms with Crippen LogP contribution in [0.2, 0.25) is 0 Å². The number of benzene rings is 2. The van der Waals surface area contributed by atoms with Crippen molar-refractivity contribution >= 4 is 32.8 Å². The predicted octanol–water partition coefficient (Wildman–Crippen LogP) is 4.29. The standard InChI is InChI=1S/C19H13BrFN5O/c20-13-8-15(18(21)23-9-13)11-2-1-3-14(6-11)26-10-24-16-7-12(19(22)25-27)4-5-17(16)26/h1-10,27H,(H2,22,25). The number of rotatable bonds is 3. The number of halogens is 2. The molecule has 3 N–H and O–H groups in total. The van der Waals surface area contributed by atoms with E-state index in [2.05, 4.69) is 25.9 Å². The Kier molecular flexibility index (Phi) is 4.43. The molecule has 6 nitrogen and oxygen atoms in total. The van der Waals surface area contributed by atoms with Gasteiger partial charge in [0.05, 0.1) is 11.0 Å². The van der Waals surface area contributed by atoms with Crippen LogP contribution < -0.4 is 5.48 Å². The summed E-state index contributed by atoms with van der Waals surface area (Å²) in [6, 6.07) is 14.4. The molecule has 0 amide bonds. The van der Waals surface area contributed by atoms with Crippen molar-refractivity contribution in [1.82, 2.24) is 20.0 Å². The zero-order valence-electron chi connectivity index (χ0n) is 13.8. The average Bonchev–Trinajstić information content (AvgIpc) is 3.12. The van der Waals surface area contributed by atoms with E-state index in [9.17, 15) is 4.39 Å². The van der Waals surface area contributed by atoms with E-state index < -0.39 is 5.95 Å². The summed E-state index contributed by atoms with van der Waals surface area (Å²) in [5.74, 6) is -0.642. The van der Waals surface area contributed by atoms with Crippen LogP contribution in [0.5, 0.6) is 0 Å². The molecule has 0 spiro atoms. The summed E-state index contributed by atoms with van der Waals surface area (Å²) in [4.78, 5) is 8.12. The van der Waals surface area contributed by atoms with Crippen molar-refractivity contribution in [1.29, 1.82) is 5.41 Å². The van der Waals surface area contributed by atoms with Gasteiger partial charge in [-0.15, -0.1) is 0 Å². The number of amidine groups is 1. The van der Waals surface area contributed by atoms with Gasteiger partial charge >= 0.3 is 0 Å². The third-order valence-electron chi connectivity index (χ3n) is 4.19. The molecule has 0 aliphatic rings. The lowest BCUT2D eigenvalue weighted by Gasteiger charge is -2.09. The number of fused-ring (bicyclic) bond motifs is 1. The fourth-order valence-corrected chi connectivity index (χ4v) is 3.22. The number of aromatic nitrogens is 3. The number of imidazole rings is 1. The number of nitrogens with zero attached hydrogens (tertiary/aromatic N) is 3. The van der Waals surface area contributed by atoms with E-state index in [0.29, 0.717) is 26.7 Å².